The number of nitrogens with zero attached hydrogens (tertiary/aromatic N) is 2. The minimum atomic E-state index is -0.687. The van der Waals surface area contributed by atoms with Crippen LogP contribution in [0.5, 0.6) is 5.88 Å². The number of aromatic hydroxyl groups is 1. The lowest BCUT2D eigenvalue weighted by Gasteiger charge is -2.15. The van der Waals surface area contributed by atoms with Crippen molar-refractivity contribution in [3.05, 3.63) is 60.9 Å². The number of carbonyl (C=O) groups is 1. The van der Waals surface area contributed by atoms with E-state index < -0.39 is 17.2 Å². The number of halogens is 2. The molecular weight excluding hydrogens is 367 g/mol. The van der Waals surface area contributed by atoms with Crippen molar-refractivity contribution in [2.24, 2.45) is 0 Å². The highest BCUT2D eigenvalue weighted by molar-refractivity contribution is 6.37. The van der Waals surface area contributed by atoms with Crippen molar-refractivity contribution in [2.45, 2.75) is 13.5 Å². The molecule has 6 nitrogen and oxygen atoms in total. The molecule has 2 rings (SSSR count). The Bertz CT molecular complexity index is 945. The molecule has 8 heteroatoms. The van der Waals surface area contributed by atoms with Crippen molar-refractivity contribution in [1.82, 2.24) is 4.57 Å². The molecule has 0 bridgehead atoms. The van der Waals surface area contributed by atoms with Crippen LogP contribution in [-0.2, 0) is 11.3 Å². The van der Waals surface area contributed by atoms with Crippen molar-refractivity contribution in [3.8, 4) is 11.9 Å². The Morgan fingerprint density at radius 3 is 2.64 bits per heavy atom. The third-order valence-electron chi connectivity index (χ3n) is 3.72. The van der Waals surface area contributed by atoms with Crippen LogP contribution in [0, 0.1) is 18.3 Å². The number of ketones is 1. The van der Waals surface area contributed by atoms with Gasteiger partial charge in [0.25, 0.3) is 5.56 Å². The van der Waals surface area contributed by atoms with Crippen LogP contribution >= 0.6 is 23.2 Å². The van der Waals surface area contributed by atoms with E-state index in [0.717, 1.165) is 4.57 Å². The van der Waals surface area contributed by atoms with E-state index in [-0.39, 0.29) is 40.4 Å². The third kappa shape index (κ3) is 3.54. The Kier molecular flexibility index (Phi) is 5.85. The molecule has 0 saturated heterocycles. The van der Waals surface area contributed by atoms with Gasteiger partial charge in [-0.15, -0.1) is 0 Å². The fourth-order valence-corrected chi connectivity index (χ4v) is 2.92. The predicted octanol–water partition coefficient (Wildman–Crippen LogP) is 2.92. The van der Waals surface area contributed by atoms with Crippen molar-refractivity contribution >= 4 is 29.0 Å². The third-order valence-corrected chi connectivity index (χ3v) is 4.27. The summed E-state index contributed by atoms with van der Waals surface area (Å²) in [6.45, 7) is 1.54. The van der Waals surface area contributed by atoms with Gasteiger partial charge in [-0.25, -0.2) is 0 Å². The summed E-state index contributed by atoms with van der Waals surface area (Å²) in [6, 6.07) is 6.09. The highest BCUT2D eigenvalue weighted by Crippen LogP contribution is 2.29. The van der Waals surface area contributed by atoms with Gasteiger partial charge < -0.3 is 9.84 Å². The summed E-state index contributed by atoms with van der Waals surface area (Å²) in [5.74, 6) is -1.14. The second-order valence-electron chi connectivity index (χ2n) is 5.21. The summed E-state index contributed by atoms with van der Waals surface area (Å²) < 4.78 is 5.84. The van der Waals surface area contributed by atoms with E-state index in [4.69, 9.17) is 27.9 Å². The lowest BCUT2D eigenvalue weighted by atomic mass is 9.97. The number of carbonyl (C=O) groups excluding carboxylic acids is 1. The molecule has 1 aromatic carbocycles. The number of benzene rings is 1. The van der Waals surface area contributed by atoms with Crippen LogP contribution in [0.25, 0.3) is 0 Å². The maximum absolute atomic E-state index is 12.9. The fraction of sp³-hybridized carbons (Fsp3) is 0.235. The first-order valence-corrected chi connectivity index (χ1v) is 7.94. The molecule has 0 unspecified atom stereocenters. The number of hydrogen-bond donors (Lipinski definition) is 1. The van der Waals surface area contributed by atoms with Gasteiger partial charge in [-0.3, -0.25) is 14.2 Å². The number of aromatic nitrogens is 1. The van der Waals surface area contributed by atoms with Crippen molar-refractivity contribution in [3.63, 3.8) is 0 Å². The lowest BCUT2D eigenvalue weighted by Crippen LogP contribution is -2.28. The predicted molar refractivity (Wildman–Crippen MR) is 93.6 cm³/mol. The molecule has 1 N–H and O–H groups in total. The van der Waals surface area contributed by atoms with Crippen molar-refractivity contribution < 1.29 is 14.6 Å². The minimum Gasteiger partial charge on any atom is -0.494 e. The Morgan fingerprint density at radius 1 is 1.40 bits per heavy atom. The summed E-state index contributed by atoms with van der Waals surface area (Å²) in [6.07, 6.45) is 0. The number of hydrogen-bond acceptors (Lipinski definition) is 5. The second kappa shape index (κ2) is 7.70. The Labute approximate surface area is 153 Å². The zero-order chi connectivity index (χ0) is 18.7. The van der Waals surface area contributed by atoms with Crippen LogP contribution in [0.4, 0.5) is 0 Å². The second-order valence-corrected chi connectivity index (χ2v) is 6.06. The zero-order valence-corrected chi connectivity index (χ0v) is 15.0. The first-order chi connectivity index (χ1) is 11.8. The quantitative estimate of drug-likeness (QED) is 0.804. The molecular formula is C17H14Cl2N2O4. The highest BCUT2D eigenvalue weighted by atomic mass is 35.5. The smallest absolute Gasteiger partial charge is 0.271 e. The summed E-state index contributed by atoms with van der Waals surface area (Å²) in [7, 11) is 1.43. The van der Waals surface area contributed by atoms with E-state index >= 15 is 0 Å². The molecule has 0 saturated carbocycles. The number of ether oxygens (including phenoxy) is 1. The molecule has 130 valence electrons. The molecule has 0 atom stereocenters. The van der Waals surface area contributed by atoms with Crippen molar-refractivity contribution in [1.29, 1.82) is 5.26 Å². The normalized spacial score (nSPS) is 10.5. The van der Waals surface area contributed by atoms with Crippen LogP contribution in [0.2, 0.25) is 10.0 Å². The maximum Gasteiger partial charge on any atom is 0.271 e. The highest BCUT2D eigenvalue weighted by Gasteiger charge is 2.26. The number of nitriles is 1. The lowest BCUT2D eigenvalue weighted by molar-refractivity contribution is 0.103. The monoisotopic (exact) mass is 380 g/mol. The van der Waals surface area contributed by atoms with Gasteiger partial charge in [-0.05, 0) is 30.7 Å². The van der Waals surface area contributed by atoms with Crippen LogP contribution in [0.15, 0.2) is 23.0 Å². The summed E-state index contributed by atoms with van der Waals surface area (Å²) in [5.41, 5.74) is -0.868. The standard InChI is InChI=1S/C17H14Cl2N2O4/c1-9-12(8-20)16(23)21(5-6-25-2)17(24)14(9)15(22)11-4-3-10(18)7-13(11)19/h3-4,7,24H,5-6H2,1-2H3. The van der Waals surface area contributed by atoms with Crippen molar-refractivity contribution in [2.75, 3.05) is 13.7 Å². The van der Waals surface area contributed by atoms with Gasteiger partial charge in [0.05, 0.1) is 23.7 Å². The number of methoxy groups -OCH3 is 1. The molecule has 2 aromatic rings. The Morgan fingerprint density at radius 2 is 2.08 bits per heavy atom. The topological polar surface area (TPSA) is 92.3 Å². The molecule has 0 aliphatic carbocycles. The van der Waals surface area contributed by atoms with E-state index in [9.17, 15) is 20.0 Å². The van der Waals surface area contributed by atoms with Gasteiger partial charge >= 0.3 is 0 Å². The van der Waals surface area contributed by atoms with E-state index in [0.29, 0.717) is 5.02 Å². The number of rotatable bonds is 5. The molecule has 0 radical (unpaired) electrons. The molecule has 25 heavy (non-hydrogen) atoms. The van der Waals surface area contributed by atoms with Crippen LogP contribution in [-0.4, -0.2) is 29.2 Å². The Balaban J connectivity index is 2.74. The summed E-state index contributed by atoms with van der Waals surface area (Å²) in [5, 5.41) is 20.2. The average Bonchev–Trinajstić information content (AvgIpc) is 2.55. The van der Waals surface area contributed by atoms with Gasteiger partial charge in [-0.2, -0.15) is 5.26 Å². The SMILES string of the molecule is COCCn1c(O)c(C(=O)c2ccc(Cl)cc2Cl)c(C)c(C#N)c1=O. The van der Waals surface area contributed by atoms with Crippen LogP contribution < -0.4 is 5.56 Å². The van der Waals surface area contributed by atoms with Gasteiger partial charge in [0.15, 0.2) is 5.78 Å². The largest absolute Gasteiger partial charge is 0.494 e. The van der Waals surface area contributed by atoms with Gasteiger partial charge in [0.2, 0.25) is 5.88 Å². The van der Waals surface area contributed by atoms with Gasteiger partial charge in [0, 0.05) is 17.7 Å². The molecule has 0 aliphatic heterocycles. The summed E-state index contributed by atoms with van der Waals surface area (Å²) in [4.78, 5) is 25.2. The van der Waals surface area contributed by atoms with E-state index in [1.54, 1.807) is 6.07 Å². The Hall–Kier alpha value is -2.33. The first kappa shape index (κ1) is 19.0. The van der Waals surface area contributed by atoms with Crippen LogP contribution in [0.1, 0.15) is 27.0 Å². The average molecular weight is 381 g/mol. The molecule has 1 aromatic heterocycles. The van der Waals surface area contributed by atoms with E-state index in [1.807, 2.05) is 0 Å². The van der Waals surface area contributed by atoms with Gasteiger partial charge in [-0.1, -0.05) is 23.2 Å². The molecule has 1 heterocycles. The summed E-state index contributed by atoms with van der Waals surface area (Å²) >= 11 is 11.9. The molecule has 0 fully saturated rings. The number of pyridine rings is 1. The molecule has 0 aliphatic rings. The maximum atomic E-state index is 12.9. The minimum absolute atomic E-state index is 0.00917. The van der Waals surface area contributed by atoms with E-state index in [1.165, 1.54) is 32.2 Å². The van der Waals surface area contributed by atoms with E-state index in [2.05, 4.69) is 0 Å². The van der Waals surface area contributed by atoms with Gasteiger partial charge in [0.1, 0.15) is 11.6 Å². The molecule has 0 spiro atoms. The first-order valence-electron chi connectivity index (χ1n) is 7.18. The fourth-order valence-electron chi connectivity index (χ4n) is 2.42. The van der Waals surface area contributed by atoms with Crippen LogP contribution in [0.3, 0.4) is 0 Å². The zero-order valence-electron chi connectivity index (χ0n) is 13.5. The molecule has 0 amide bonds.